The zero-order valence-corrected chi connectivity index (χ0v) is 13.0. The molecule has 5 heteroatoms. The normalized spacial score (nSPS) is 14.2. The number of halogens is 4. The van der Waals surface area contributed by atoms with Gasteiger partial charge in [-0.1, -0.05) is 82.8 Å². The maximum Gasteiger partial charge on any atom is 0.194 e. The number of rotatable bonds is 3. The second-order valence-electron chi connectivity index (χ2n) is 3.89. The molecule has 0 aliphatic heterocycles. The first kappa shape index (κ1) is 15.0. The van der Waals surface area contributed by atoms with Gasteiger partial charge in [-0.15, -0.1) is 0 Å². The summed E-state index contributed by atoms with van der Waals surface area (Å²) in [6.07, 6.45) is 0. The highest BCUT2D eigenvalue weighted by Crippen LogP contribution is 2.44. The van der Waals surface area contributed by atoms with Crippen molar-refractivity contribution in [1.82, 2.24) is 0 Å². The Kier molecular flexibility index (Phi) is 4.65. The lowest BCUT2D eigenvalue weighted by atomic mass is 10.0. The number of hydrogen-bond acceptors (Lipinski definition) is 1. The Labute approximate surface area is 132 Å². The Morgan fingerprint density at radius 2 is 1.53 bits per heavy atom. The van der Waals surface area contributed by atoms with Crippen LogP contribution >= 0.6 is 46.4 Å². The van der Waals surface area contributed by atoms with Crippen molar-refractivity contribution in [3.05, 3.63) is 68.7 Å². The topological polar surface area (TPSA) is 9.23 Å². The van der Waals surface area contributed by atoms with Gasteiger partial charge >= 0.3 is 0 Å². The molecular formula is C14H10Cl4O. The zero-order chi connectivity index (χ0) is 14.0. The average Bonchev–Trinajstić information content (AvgIpc) is 2.45. The minimum Gasteiger partial charge on any atom is -0.355 e. The van der Waals surface area contributed by atoms with E-state index in [1.807, 2.05) is 30.3 Å². The molecule has 0 saturated heterocycles. The standard InChI is InChI=1S/C14H10Cl4O/c1-19-14(18,9-5-3-2-4-6-9)10-7-8-11(15)13(17)12(10)16/h2-8H,1H3. The Bertz CT molecular complexity index is 585. The van der Waals surface area contributed by atoms with Gasteiger partial charge in [0.1, 0.15) is 0 Å². The number of methoxy groups -OCH3 is 1. The molecule has 1 atom stereocenters. The molecule has 0 saturated carbocycles. The van der Waals surface area contributed by atoms with E-state index < -0.39 is 5.06 Å². The molecule has 0 bridgehead atoms. The Hall–Kier alpha value is -0.440. The van der Waals surface area contributed by atoms with Crippen molar-refractivity contribution in [1.29, 1.82) is 0 Å². The first-order valence-corrected chi connectivity index (χ1v) is 6.95. The Balaban J connectivity index is 2.63. The summed E-state index contributed by atoms with van der Waals surface area (Å²) in [6, 6.07) is 12.7. The molecule has 0 N–H and O–H groups in total. The van der Waals surface area contributed by atoms with Crippen LogP contribution in [-0.2, 0) is 9.80 Å². The second-order valence-corrected chi connectivity index (χ2v) is 5.58. The second kappa shape index (κ2) is 5.90. The predicted molar refractivity (Wildman–Crippen MR) is 81.6 cm³/mol. The zero-order valence-electron chi connectivity index (χ0n) is 9.96. The van der Waals surface area contributed by atoms with Crippen LogP contribution in [0.5, 0.6) is 0 Å². The SMILES string of the molecule is COC(Cl)(c1ccccc1)c1ccc(Cl)c(Cl)c1Cl. The molecule has 100 valence electrons. The highest BCUT2D eigenvalue weighted by molar-refractivity contribution is 6.48. The van der Waals surface area contributed by atoms with Gasteiger partial charge < -0.3 is 4.74 Å². The van der Waals surface area contributed by atoms with E-state index in [1.165, 1.54) is 7.11 Å². The minimum atomic E-state index is -1.20. The van der Waals surface area contributed by atoms with Gasteiger partial charge in [-0.3, -0.25) is 0 Å². The van der Waals surface area contributed by atoms with Gasteiger partial charge in [-0.2, -0.15) is 0 Å². The molecule has 2 aromatic rings. The van der Waals surface area contributed by atoms with E-state index >= 15 is 0 Å². The molecule has 0 aromatic heterocycles. The van der Waals surface area contributed by atoms with Crippen molar-refractivity contribution in [2.45, 2.75) is 5.06 Å². The Morgan fingerprint density at radius 1 is 0.895 bits per heavy atom. The molecule has 1 nitrogen and oxygen atoms in total. The van der Waals surface area contributed by atoms with Crippen molar-refractivity contribution >= 4 is 46.4 Å². The minimum absolute atomic E-state index is 0.263. The van der Waals surface area contributed by atoms with Crippen LogP contribution in [0, 0.1) is 0 Å². The monoisotopic (exact) mass is 334 g/mol. The molecule has 0 radical (unpaired) electrons. The largest absolute Gasteiger partial charge is 0.355 e. The third-order valence-corrected chi connectivity index (χ3v) is 4.68. The van der Waals surface area contributed by atoms with Crippen molar-refractivity contribution in [2.24, 2.45) is 0 Å². The maximum absolute atomic E-state index is 6.60. The van der Waals surface area contributed by atoms with E-state index in [4.69, 9.17) is 51.1 Å². The van der Waals surface area contributed by atoms with E-state index in [2.05, 4.69) is 0 Å². The summed E-state index contributed by atoms with van der Waals surface area (Å²) in [5.74, 6) is 0. The lowest BCUT2D eigenvalue weighted by Crippen LogP contribution is -2.23. The first-order valence-electron chi connectivity index (χ1n) is 5.44. The van der Waals surface area contributed by atoms with Gasteiger partial charge in [0.05, 0.1) is 15.1 Å². The Morgan fingerprint density at radius 3 is 2.11 bits per heavy atom. The first-order chi connectivity index (χ1) is 9.00. The number of alkyl halides is 1. The van der Waals surface area contributed by atoms with Crippen LogP contribution in [0.15, 0.2) is 42.5 Å². The van der Waals surface area contributed by atoms with Crippen LogP contribution in [-0.4, -0.2) is 7.11 Å². The number of hydrogen-bond donors (Lipinski definition) is 0. The molecule has 2 rings (SSSR count). The third-order valence-electron chi connectivity index (χ3n) is 2.81. The van der Waals surface area contributed by atoms with Gasteiger partial charge in [0.2, 0.25) is 0 Å². The molecule has 19 heavy (non-hydrogen) atoms. The highest BCUT2D eigenvalue weighted by Gasteiger charge is 2.34. The van der Waals surface area contributed by atoms with Gasteiger partial charge in [-0.25, -0.2) is 0 Å². The molecule has 0 aliphatic rings. The van der Waals surface area contributed by atoms with Crippen molar-refractivity contribution < 1.29 is 4.74 Å². The predicted octanol–water partition coefficient (Wildman–Crippen LogP) is 5.73. The van der Waals surface area contributed by atoms with Crippen molar-refractivity contribution in [3.63, 3.8) is 0 Å². The summed E-state index contributed by atoms with van der Waals surface area (Å²) in [5, 5.41) is -0.278. The van der Waals surface area contributed by atoms with Crippen LogP contribution in [0.3, 0.4) is 0 Å². The summed E-state index contributed by atoms with van der Waals surface area (Å²) < 4.78 is 5.46. The van der Waals surface area contributed by atoms with Gasteiger partial charge in [0.25, 0.3) is 0 Å². The lowest BCUT2D eigenvalue weighted by Gasteiger charge is -2.28. The number of benzene rings is 2. The van der Waals surface area contributed by atoms with E-state index in [9.17, 15) is 0 Å². The van der Waals surface area contributed by atoms with Crippen LogP contribution in [0.25, 0.3) is 0 Å². The molecule has 0 aliphatic carbocycles. The lowest BCUT2D eigenvalue weighted by molar-refractivity contribution is 0.0970. The fourth-order valence-electron chi connectivity index (χ4n) is 1.81. The molecule has 0 fully saturated rings. The van der Waals surface area contributed by atoms with E-state index in [0.717, 1.165) is 5.56 Å². The van der Waals surface area contributed by atoms with E-state index in [-0.39, 0.29) is 10.0 Å². The molecule has 2 aromatic carbocycles. The average molecular weight is 336 g/mol. The molecule has 0 heterocycles. The van der Waals surface area contributed by atoms with Gasteiger partial charge in [-0.05, 0) is 6.07 Å². The van der Waals surface area contributed by atoms with Crippen LogP contribution < -0.4 is 0 Å². The smallest absolute Gasteiger partial charge is 0.194 e. The fourth-order valence-corrected chi connectivity index (χ4v) is 2.81. The maximum atomic E-state index is 6.60. The molecule has 1 unspecified atom stereocenters. The van der Waals surface area contributed by atoms with E-state index in [1.54, 1.807) is 12.1 Å². The summed E-state index contributed by atoms with van der Waals surface area (Å²) in [7, 11) is 1.51. The molecular weight excluding hydrogens is 326 g/mol. The summed E-state index contributed by atoms with van der Waals surface area (Å²) in [5.41, 5.74) is 1.32. The highest BCUT2D eigenvalue weighted by atomic mass is 35.5. The molecule has 0 spiro atoms. The van der Waals surface area contributed by atoms with Crippen LogP contribution in [0.1, 0.15) is 11.1 Å². The third kappa shape index (κ3) is 2.72. The van der Waals surface area contributed by atoms with Crippen LogP contribution in [0.4, 0.5) is 0 Å². The van der Waals surface area contributed by atoms with Gasteiger partial charge in [0, 0.05) is 18.2 Å². The van der Waals surface area contributed by atoms with Crippen molar-refractivity contribution in [2.75, 3.05) is 7.11 Å². The summed E-state index contributed by atoms with van der Waals surface area (Å²) >= 11 is 24.8. The number of ether oxygens (including phenoxy) is 1. The summed E-state index contributed by atoms with van der Waals surface area (Å²) in [6.45, 7) is 0. The fraction of sp³-hybridized carbons (Fsp3) is 0.143. The van der Waals surface area contributed by atoms with Gasteiger partial charge in [0.15, 0.2) is 5.06 Å². The van der Waals surface area contributed by atoms with Crippen LogP contribution in [0.2, 0.25) is 15.1 Å². The quantitative estimate of drug-likeness (QED) is 0.514. The van der Waals surface area contributed by atoms with E-state index in [0.29, 0.717) is 10.6 Å². The molecule has 0 amide bonds. The van der Waals surface area contributed by atoms with Crippen molar-refractivity contribution in [3.8, 4) is 0 Å². The summed E-state index contributed by atoms with van der Waals surface area (Å²) in [4.78, 5) is 0.